The fraction of sp³-hybridized carbons (Fsp3) is 0.480. The lowest BCUT2D eigenvalue weighted by Gasteiger charge is -2.43. The van der Waals surface area contributed by atoms with E-state index in [0.29, 0.717) is 55.7 Å². The second-order valence-corrected chi connectivity index (χ2v) is 20.4. The van der Waals surface area contributed by atoms with Gasteiger partial charge in [0.05, 0.1) is 65.0 Å². The number of esters is 1. The molecule has 1 unspecified atom stereocenters. The van der Waals surface area contributed by atoms with Gasteiger partial charge in [0.1, 0.15) is 47.5 Å². The Bertz CT molecular complexity index is 2660. The lowest BCUT2D eigenvalue weighted by Crippen LogP contribution is -2.55. The Hall–Kier alpha value is -5.25. The number of rotatable bonds is 12. The quantitative estimate of drug-likeness (QED) is 0.111. The number of carbonyl (C=O) groups is 1. The second-order valence-electron chi connectivity index (χ2n) is 19.6. The Morgan fingerprint density at radius 3 is 2.28 bits per heavy atom. The fourth-order valence-corrected chi connectivity index (χ4v) is 11.7. The van der Waals surface area contributed by atoms with Crippen LogP contribution in [0, 0.1) is 23.6 Å². The third kappa shape index (κ3) is 8.53. The van der Waals surface area contributed by atoms with Crippen molar-refractivity contribution in [1.82, 2.24) is 19.9 Å². The zero-order valence-electron chi connectivity index (χ0n) is 38.1. The van der Waals surface area contributed by atoms with Crippen molar-refractivity contribution in [2.24, 2.45) is 17.8 Å². The predicted octanol–water partition coefficient (Wildman–Crippen LogP) is 10.2. The van der Waals surface area contributed by atoms with Crippen molar-refractivity contribution in [3.8, 4) is 34.5 Å². The molecular formula is C50H53Cl2F3N6O6. The molecule has 1 saturated carbocycles. The van der Waals surface area contributed by atoms with E-state index in [1.165, 1.54) is 0 Å². The largest absolute Gasteiger partial charge is 0.497 e. The molecule has 0 amide bonds. The van der Waals surface area contributed by atoms with Crippen LogP contribution in [-0.4, -0.2) is 96.0 Å². The Kier molecular flexibility index (Phi) is 11.8. The number of halogens is 5. The molecule has 5 aromatic rings. The van der Waals surface area contributed by atoms with Crippen LogP contribution >= 0.6 is 23.2 Å². The highest BCUT2D eigenvalue weighted by Gasteiger charge is 2.58. The Morgan fingerprint density at radius 1 is 0.940 bits per heavy atom. The molecule has 10 rings (SSSR count). The molecule has 67 heavy (non-hydrogen) atoms. The minimum Gasteiger partial charge on any atom is -0.497 e. The first-order valence-corrected chi connectivity index (χ1v) is 23.6. The molecule has 3 aromatic carbocycles. The highest BCUT2D eigenvalue weighted by atomic mass is 35.5. The van der Waals surface area contributed by atoms with Crippen molar-refractivity contribution in [2.45, 2.75) is 89.1 Å². The number of benzene rings is 3. The van der Waals surface area contributed by atoms with Crippen LogP contribution < -0.4 is 28.7 Å². The minimum absolute atomic E-state index is 0.0557. The van der Waals surface area contributed by atoms with Crippen molar-refractivity contribution < 1.29 is 41.7 Å². The number of carbonyl (C=O) groups excluding carboxylic acids is 1. The van der Waals surface area contributed by atoms with Gasteiger partial charge < -0.3 is 33.5 Å². The molecule has 4 aliphatic heterocycles. The number of pyridine rings is 1. The molecule has 4 fully saturated rings. The van der Waals surface area contributed by atoms with E-state index in [-0.39, 0.29) is 99.9 Å². The van der Waals surface area contributed by atoms with Gasteiger partial charge in [-0.1, -0.05) is 47.5 Å². The lowest BCUT2D eigenvalue weighted by atomic mass is 9.80. The summed E-state index contributed by atoms with van der Waals surface area (Å²) in [6.07, 6.45) is 2.43. The van der Waals surface area contributed by atoms with Crippen molar-refractivity contribution in [2.75, 3.05) is 56.9 Å². The first kappa shape index (κ1) is 45.5. The summed E-state index contributed by atoms with van der Waals surface area (Å²) in [4.78, 5) is 34.4. The predicted molar refractivity (Wildman–Crippen MR) is 249 cm³/mol. The molecule has 0 radical (unpaired) electrons. The maximum absolute atomic E-state index is 18.0. The summed E-state index contributed by atoms with van der Waals surface area (Å²) in [5.41, 5.74) is 0.115. The van der Waals surface area contributed by atoms with E-state index in [1.54, 1.807) is 31.3 Å². The van der Waals surface area contributed by atoms with Crippen molar-refractivity contribution in [1.29, 1.82) is 0 Å². The van der Waals surface area contributed by atoms with E-state index in [0.717, 1.165) is 30.4 Å². The van der Waals surface area contributed by atoms with Crippen LogP contribution in [-0.2, 0) is 22.6 Å². The number of anilines is 2. The van der Waals surface area contributed by atoms with Gasteiger partial charge >= 0.3 is 12.0 Å². The van der Waals surface area contributed by atoms with Gasteiger partial charge in [0.25, 0.3) is 5.92 Å². The maximum Gasteiger partial charge on any atom is 0.319 e. The summed E-state index contributed by atoms with van der Waals surface area (Å²) in [6, 6.07) is 18.3. The molecule has 5 aliphatic rings. The van der Waals surface area contributed by atoms with Crippen LogP contribution in [0.4, 0.5) is 24.8 Å². The number of piperidine rings is 1. The van der Waals surface area contributed by atoms with Gasteiger partial charge in [-0.05, 0) is 112 Å². The number of fused-ring (bicyclic) bond motifs is 6. The first-order chi connectivity index (χ1) is 32.0. The van der Waals surface area contributed by atoms with Gasteiger partial charge in [-0.25, -0.2) is 18.2 Å². The average molecular weight is 962 g/mol. The number of hydrogen-bond acceptors (Lipinski definition) is 12. The third-order valence-corrected chi connectivity index (χ3v) is 14.8. The molecule has 354 valence electrons. The fourth-order valence-electron chi connectivity index (χ4n) is 11.2. The Morgan fingerprint density at radius 2 is 1.63 bits per heavy atom. The van der Waals surface area contributed by atoms with Gasteiger partial charge in [0, 0.05) is 26.1 Å². The van der Waals surface area contributed by atoms with Gasteiger partial charge in [0.15, 0.2) is 11.6 Å². The van der Waals surface area contributed by atoms with Crippen LogP contribution in [0.5, 0.6) is 23.3 Å². The number of nitrogens with zero attached hydrogens (tertiary/aromatic N) is 6. The molecule has 2 aromatic heterocycles. The molecular weight excluding hydrogens is 908 g/mol. The molecule has 2 bridgehead atoms. The molecule has 17 heteroatoms. The van der Waals surface area contributed by atoms with Crippen molar-refractivity contribution >= 4 is 51.7 Å². The summed E-state index contributed by atoms with van der Waals surface area (Å²) in [6.45, 7) is 6.96. The molecule has 12 nitrogen and oxygen atoms in total. The van der Waals surface area contributed by atoms with Crippen LogP contribution in [0.25, 0.3) is 22.2 Å². The average Bonchev–Trinajstić information content (AvgIpc) is 3.87. The molecule has 0 N–H and O–H groups in total. The smallest absolute Gasteiger partial charge is 0.319 e. The number of aromatic nitrogens is 3. The summed E-state index contributed by atoms with van der Waals surface area (Å²) in [5.74, 6) is -2.22. The zero-order valence-corrected chi connectivity index (χ0v) is 39.6. The van der Waals surface area contributed by atoms with Crippen molar-refractivity contribution in [3.05, 3.63) is 87.7 Å². The zero-order chi connectivity index (χ0) is 47.0. The van der Waals surface area contributed by atoms with Gasteiger partial charge in [-0.3, -0.25) is 9.69 Å². The SMILES string of the molecule is COc1ccc(CN(Cc2ccc(OC)cc2)c2ccc(Cl)c(-c3c(Cl)c4c5c(nc(OC[C@]67CCCN6CC(F)(F)C7)nc5c3F)N3C[C@H]5CC[C@H](C5C(=O)OC(C)(C)C)[C@H]3CO4)n2)cc1. The summed E-state index contributed by atoms with van der Waals surface area (Å²) < 4.78 is 77.6. The maximum atomic E-state index is 18.0. The molecule has 3 saturated heterocycles. The molecule has 6 heterocycles. The highest BCUT2D eigenvalue weighted by molar-refractivity contribution is 6.38. The summed E-state index contributed by atoms with van der Waals surface area (Å²) in [5, 5.41) is 0.285. The van der Waals surface area contributed by atoms with E-state index >= 15 is 4.39 Å². The van der Waals surface area contributed by atoms with Crippen LogP contribution in [0.1, 0.15) is 64.0 Å². The van der Waals surface area contributed by atoms with E-state index in [2.05, 4.69) is 4.90 Å². The van der Waals surface area contributed by atoms with Gasteiger partial charge in [0.2, 0.25) is 0 Å². The van der Waals surface area contributed by atoms with Crippen LogP contribution in [0.3, 0.4) is 0 Å². The number of ether oxygens (including phenoxy) is 5. The number of alkyl halides is 2. The Balaban J connectivity index is 1.08. The van der Waals surface area contributed by atoms with E-state index in [4.69, 9.17) is 61.8 Å². The first-order valence-electron chi connectivity index (χ1n) is 22.8. The normalized spacial score (nSPS) is 23.9. The highest BCUT2D eigenvalue weighted by Crippen LogP contribution is 2.54. The van der Waals surface area contributed by atoms with E-state index < -0.39 is 22.9 Å². The van der Waals surface area contributed by atoms with E-state index in [9.17, 15) is 13.6 Å². The number of methoxy groups -OCH3 is 2. The van der Waals surface area contributed by atoms with Gasteiger partial charge in [-0.15, -0.1) is 0 Å². The second kappa shape index (κ2) is 17.4. The third-order valence-electron chi connectivity index (χ3n) is 14.1. The lowest BCUT2D eigenvalue weighted by molar-refractivity contribution is -0.164. The minimum atomic E-state index is -2.87. The Labute approximate surface area is 397 Å². The summed E-state index contributed by atoms with van der Waals surface area (Å²) >= 11 is 14.4. The van der Waals surface area contributed by atoms with E-state index in [1.807, 2.05) is 74.2 Å². The number of hydrogen-bond donors (Lipinski definition) is 0. The van der Waals surface area contributed by atoms with Crippen LogP contribution in [0.2, 0.25) is 10.0 Å². The van der Waals surface area contributed by atoms with Crippen molar-refractivity contribution in [3.63, 3.8) is 0 Å². The van der Waals surface area contributed by atoms with Crippen LogP contribution in [0.15, 0.2) is 60.7 Å². The molecule has 5 atom stereocenters. The molecule has 1 aliphatic carbocycles. The van der Waals surface area contributed by atoms with Gasteiger partial charge in [-0.2, -0.15) is 9.97 Å². The summed E-state index contributed by atoms with van der Waals surface area (Å²) in [7, 11) is 3.23. The molecule has 0 spiro atoms. The monoisotopic (exact) mass is 960 g/mol. The standard InChI is InChI=1S/C50H53Cl2F3N6O6/c1-48(2,3)67-46(62)37-30-11-16-33(37)35-24-65-44-39-43(57-47(58-45(39)61(35)23-30)66-27-49-19-6-20-60(49)26-50(54,55)25-49)41(53)38(40(44)52)42-34(51)17-18-36(56-42)59(21-28-7-12-31(63-4)13-8-28)22-29-9-14-32(64-5)15-10-29/h7-10,12-15,17-18,30,33,35,37H,6,11,16,19-27H2,1-5H3/t30-,33+,35-,37?,49-/m1/s1. The topological polar surface area (TPSA) is 112 Å².